The molecule has 3 nitrogen and oxygen atoms in total. The number of nitriles is 2. The summed E-state index contributed by atoms with van der Waals surface area (Å²) in [6.07, 6.45) is 0. The highest BCUT2D eigenvalue weighted by Gasteiger charge is 2.33. The highest BCUT2D eigenvalue weighted by atomic mass is 35.5. The van der Waals surface area contributed by atoms with Crippen molar-refractivity contribution in [2.75, 3.05) is 0 Å². The topological polar surface area (TPSA) is 59.9 Å². The van der Waals surface area contributed by atoms with Gasteiger partial charge < -0.3 is 0 Å². The van der Waals surface area contributed by atoms with Gasteiger partial charge in [-0.1, -0.05) is 23.7 Å². The van der Waals surface area contributed by atoms with Crippen molar-refractivity contribution in [3.63, 3.8) is 0 Å². The van der Waals surface area contributed by atoms with E-state index >= 15 is 0 Å². The first-order valence-electron chi connectivity index (χ1n) is 5.89. The molecule has 0 radical (unpaired) electrons. The van der Waals surface area contributed by atoms with Crippen LogP contribution in [0.15, 0.2) is 40.5 Å². The number of hydrogen-bond acceptors (Lipinski definition) is 3. The Balaban J connectivity index is 2.62. The fourth-order valence-electron chi connectivity index (χ4n) is 2.40. The Kier molecular flexibility index (Phi) is 3.69. The smallest absolute Gasteiger partial charge is 0.0973 e. The molecule has 4 heteroatoms. The van der Waals surface area contributed by atoms with Crippen LogP contribution in [0.2, 0.25) is 5.02 Å². The van der Waals surface area contributed by atoms with Crippen molar-refractivity contribution in [2.45, 2.75) is 19.8 Å². The lowest BCUT2D eigenvalue weighted by atomic mass is 9.77. The molecule has 0 N–H and O–H groups in total. The molecule has 1 aromatic carbocycles. The molecule has 1 aromatic rings. The van der Waals surface area contributed by atoms with Gasteiger partial charge in [0.25, 0.3) is 0 Å². The van der Waals surface area contributed by atoms with Crippen molar-refractivity contribution >= 4 is 17.3 Å². The van der Waals surface area contributed by atoms with Crippen LogP contribution in [0.4, 0.5) is 0 Å². The van der Waals surface area contributed by atoms with E-state index in [0.29, 0.717) is 16.3 Å². The minimum absolute atomic E-state index is 0.286. The molecule has 0 amide bonds. The third kappa shape index (κ3) is 2.38. The molecule has 0 aromatic heterocycles. The highest BCUT2D eigenvalue weighted by molar-refractivity contribution is 6.30. The van der Waals surface area contributed by atoms with Crippen LogP contribution in [0, 0.1) is 28.6 Å². The van der Waals surface area contributed by atoms with E-state index in [2.05, 4.69) is 17.1 Å². The molecule has 0 fully saturated rings. The standard InChI is InChI=1S/C15H12ClN3/c1-9-13(7-17)15(14(8-18)10(2)19-9)11-4-3-5-12(16)6-11/h3-6,13,15H,1-2H3. The van der Waals surface area contributed by atoms with Crippen molar-refractivity contribution in [1.29, 1.82) is 10.5 Å². The molecule has 0 saturated heterocycles. The fourth-order valence-corrected chi connectivity index (χ4v) is 2.60. The molecule has 1 heterocycles. The van der Waals surface area contributed by atoms with E-state index in [0.717, 1.165) is 11.3 Å². The molecule has 1 aliphatic rings. The zero-order chi connectivity index (χ0) is 14.0. The summed E-state index contributed by atoms with van der Waals surface area (Å²) in [7, 11) is 0. The van der Waals surface area contributed by atoms with Gasteiger partial charge in [-0.2, -0.15) is 10.5 Å². The SMILES string of the molecule is CC1=NC(C)=C(C#N)C(c2cccc(Cl)c2)C1C#N. The van der Waals surface area contributed by atoms with Crippen molar-refractivity contribution in [3.05, 3.63) is 46.1 Å². The predicted molar refractivity (Wildman–Crippen MR) is 74.7 cm³/mol. The molecule has 94 valence electrons. The van der Waals surface area contributed by atoms with E-state index in [1.165, 1.54) is 0 Å². The molecule has 2 atom stereocenters. The molecule has 2 rings (SSSR count). The Morgan fingerprint density at radius 1 is 1.26 bits per heavy atom. The van der Waals surface area contributed by atoms with Gasteiger partial charge in [0, 0.05) is 16.7 Å². The van der Waals surface area contributed by atoms with E-state index < -0.39 is 5.92 Å². The van der Waals surface area contributed by atoms with Gasteiger partial charge in [-0.25, -0.2) is 0 Å². The second-order valence-corrected chi connectivity index (χ2v) is 4.94. The molecular weight excluding hydrogens is 258 g/mol. The van der Waals surface area contributed by atoms with E-state index in [-0.39, 0.29) is 5.92 Å². The molecular formula is C15H12ClN3. The maximum Gasteiger partial charge on any atom is 0.0973 e. The fraction of sp³-hybridized carbons (Fsp3) is 0.267. The van der Waals surface area contributed by atoms with E-state index in [4.69, 9.17) is 11.6 Å². The van der Waals surface area contributed by atoms with Crippen LogP contribution in [-0.4, -0.2) is 5.71 Å². The Hall–Kier alpha value is -2.10. The second kappa shape index (κ2) is 5.26. The van der Waals surface area contributed by atoms with Gasteiger partial charge in [0.05, 0.1) is 29.3 Å². The quantitative estimate of drug-likeness (QED) is 0.778. The van der Waals surface area contributed by atoms with Gasteiger partial charge in [0.1, 0.15) is 0 Å². The molecule has 0 spiro atoms. The summed E-state index contributed by atoms with van der Waals surface area (Å²) in [5.74, 6) is -0.706. The monoisotopic (exact) mass is 269 g/mol. The van der Waals surface area contributed by atoms with Crippen LogP contribution in [-0.2, 0) is 0 Å². The number of benzene rings is 1. The second-order valence-electron chi connectivity index (χ2n) is 4.50. The summed E-state index contributed by atoms with van der Waals surface area (Å²) in [6.45, 7) is 3.62. The lowest BCUT2D eigenvalue weighted by Gasteiger charge is -2.26. The number of hydrogen-bond donors (Lipinski definition) is 0. The molecule has 1 aliphatic heterocycles. The van der Waals surface area contributed by atoms with Crippen LogP contribution in [0.3, 0.4) is 0 Å². The minimum Gasteiger partial charge on any atom is -0.260 e. The normalized spacial score (nSPS) is 22.5. The molecule has 2 unspecified atom stereocenters. The largest absolute Gasteiger partial charge is 0.260 e. The number of halogens is 1. The maximum atomic E-state index is 9.37. The van der Waals surface area contributed by atoms with Gasteiger partial charge in [0.2, 0.25) is 0 Å². The Bertz CT molecular complexity index is 659. The van der Waals surface area contributed by atoms with E-state index in [9.17, 15) is 10.5 Å². The lowest BCUT2D eigenvalue weighted by molar-refractivity contribution is 0.703. The van der Waals surface area contributed by atoms with Crippen LogP contribution in [0.5, 0.6) is 0 Å². The molecule has 0 bridgehead atoms. The predicted octanol–water partition coefficient (Wildman–Crippen LogP) is 3.84. The summed E-state index contributed by atoms with van der Waals surface area (Å²) in [6, 6.07) is 11.7. The summed E-state index contributed by atoms with van der Waals surface area (Å²) < 4.78 is 0. The van der Waals surface area contributed by atoms with Crippen molar-refractivity contribution < 1.29 is 0 Å². The molecule has 0 saturated carbocycles. The lowest BCUT2D eigenvalue weighted by Crippen LogP contribution is -2.24. The van der Waals surface area contributed by atoms with Crippen LogP contribution in [0.1, 0.15) is 25.3 Å². The van der Waals surface area contributed by atoms with Gasteiger partial charge in [-0.05, 0) is 31.5 Å². The zero-order valence-electron chi connectivity index (χ0n) is 10.7. The van der Waals surface area contributed by atoms with Gasteiger partial charge >= 0.3 is 0 Å². The summed E-state index contributed by atoms with van der Waals surface area (Å²) >= 11 is 6.01. The first-order chi connectivity index (χ1) is 9.08. The van der Waals surface area contributed by atoms with Crippen molar-refractivity contribution in [2.24, 2.45) is 10.9 Å². The number of aliphatic imine (C=N–C) groups is 1. The van der Waals surface area contributed by atoms with Crippen LogP contribution in [0.25, 0.3) is 0 Å². The number of rotatable bonds is 1. The van der Waals surface area contributed by atoms with E-state index in [1.54, 1.807) is 19.1 Å². The Morgan fingerprint density at radius 3 is 2.58 bits per heavy atom. The third-order valence-corrected chi connectivity index (χ3v) is 3.53. The summed E-state index contributed by atoms with van der Waals surface area (Å²) in [5, 5.41) is 19.3. The van der Waals surface area contributed by atoms with E-state index in [1.807, 2.05) is 19.1 Å². The molecule has 19 heavy (non-hydrogen) atoms. The van der Waals surface area contributed by atoms with Crippen LogP contribution < -0.4 is 0 Å². The maximum absolute atomic E-state index is 9.37. The minimum atomic E-state index is -0.420. The summed E-state index contributed by atoms with van der Waals surface area (Å²) in [4.78, 5) is 4.30. The number of nitrogens with zero attached hydrogens (tertiary/aromatic N) is 3. The van der Waals surface area contributed by atoms with Gasteiger partial charge in [-0.15, -0.1) is 0 Å². The Morgan fingerprint density at radius 2 is 2.00 bits per heavy atom. The third-order valence-electron chi connectivity index (χ3n) is 3.30. The van der Waals surface area contributed by atoms with Gasteiger partial charge in [-0.3, -0.25) is 4.99 Å². The Labute approximate surface area is 117 Å². The van der Waals surface area contributed by atoms with Crippen LogP contribution >= 0.6 is 11.6 Å². The van der Waals surface area contributed by atoms with Crippen molar-refractivity contribution in [1.82, 2.24) is 0 Å². The first kappa shape index (κ1) is 13.3. The highest BCUT2D eigenvalue weighted by Crippen LogP contribution is 2.38. The zero-order valence-corrected chi connectivity index (χ0v) is 11.4. The van der Waals surface area contributed by atoms with Crippen molar-refractivity contribution in [3.8, 4) is 12.1 Å². The average molecular weight is 270 g/mol. The molecule has 0 aliphatic carbocycles. The van der Waals surface area contributed by atoms with Gasteiger partial charge in [0.15, 0.2) is 0 Å². The first-order valence-corrected chi connectivity index (χ1v) is 6.27. The average Bonchev–Trinajstić information content (AvgIpc) is 2.38. The summed E-state index contributed by atoms with van der Waals surface area (Å²) in [5.41, 5.74) is 2.84. The number of allylic oxidation sites excluding steroid dienone is 2.